The maximum absolute atomic E-state index is 11.8. The van der Waals surface area contributed by atoms with Crippen molar-refractivity contribution in [3.05, 3.63) is 6.33 Å². The molecule has 11 heteroatoms. The Balaban J connectivity index is 1.75. The SMILES string of the molecule is CSc1ncnc2c(N3CC[S+]([O-])CC3)nc(N3CCN(C=O)CC3)nc12. The first-order valence-corrected chi connectivity index (χ1v) is 11.5. The third-order valence-corrected chi connectivity index (χ3v) is 6.80. The van der Waals surface area contributed by atoms with Crippen molar-refractivity contribution in [3.63, 3.8) is 0 Å². The van der Waals surface area contributed by atoms with Crippen LogP contribution in [-0.2, 0) is 16.0 Å². The molecule has 2 aliphatic heterocycles. The second kappa shape index (κ2) is 8.03. The van der Waals surface area contributed by atoms with Gasteiger partial charge < -0.3 is 19.3 Å². The lowest BCUT2D eigenvalue weighted by molar-refractivity contribution is -0.118. The molecule has 2 aromatic rings. The molecule has 1 amide bonds. The quantitative estimate of drug-likeness (QED) is 0.300. The number of hydrogen-bond acceptors (Lipinski definition) is 9. The summed E-state index contributed by atoms with van der Waals surface area (Å²) in [5.41, 5.74) is 1.48. The Bertz CT molecular complexity index is 824. The number of carbonyl (C=O) groups excluding carboxylic acids is 1. The summed E-state index contributed by atoms with van der Waals surface area (Å²) >= 11 is 0.772. The fourth-order valence-corrected chi connectivity index (χ4v) is 4.83. The molecule has 0 aromatic carbocycles. The third kappa shape index (κ3) is 3.76. The molecule has 27 heavy (non-hydrogen) atoms. The summed E-state index contributed by atoms with van der Waals surface area (Å²) in [4.78, 5) is 35.4. The lowest BCUT2D eigenvalue weighted by atomic mass is 10.3. The summed E-state index contributed by atoms with van der Waals surface area (Å²) in [5, 5.41) is 0.817. The summed E-state index contributed by atoms with van der Waals surface area (Å²) < 4.78 is 11.8. The minimum atomic E-state index is -0.760. The Hall–Kier alpha value is -1.85. The molecule has 2 aromatic heterocycles. The number of nitrogens with zero attached hydrogens (tertiary/aromatic N) is 7. The predicted octanol–water partition coefficient (Wildman–Crippen LogP) is -0.0112. The van der Waals surface area contributed by atoms with E-state index in [-0.39, 0.29) is 0 Å². The third-order valence-electron chi connectivity index (χ3n) is 4.84. The molecule has 2 aliphatic rings. The fourth-order valence-electron chi connectivity index (χ4n) is 3.29. The summed E-state index contributed by atoms with van der Waals surface area (Å²) in [6.45, 7) is 4.07. The second-order valence-electron chi connectivity index (χ2n) is 6.39. The summed E-state index contributed by atoms with van der Waals surface area (Å²) in [7, 11) is 0. The molecule has 0 atom stereocenters. The van der Waals surface area contributed by atoms with Crippen molar-refractivity contribution >= 4 is 52.1 Å². The minimum absolute atomic E-state index is 0.638. The van der Waals surface area contributed by atoms with Crippen molar-refractivity contribution in [2.45, 2.75) is 5.03 Å². The molecule has 0 aliphatic carbocycles. The molecule has 0 unspecified atom stereocenters. The highest BCUT2D eigenvalue weighted by Gasteiger charge is 2.26. The number of hydrogen-bond donors (Lipinski definition) is 0. The zero-order valence-corrected chi connectivity index (χ0v) is 16.7. The molecule has 144 valence electrons. The Morgan fingerprint density at radius 3 is 2.44 bits per heavy atom. The number of piperazine rings is 1. The number of fused-ring (bicyclic) bond motifs is 1. The van der Waals surface area contributed by atoms with E-state index >= 15 is 0 Å². The van der Waals surface area contributed by atoms with Gasteiger partial charge in [0, 0.05) is 26.2 Å². The van der Waals surface area contributed by atoms with Crippen molar-refractivity contribution in [2.24, 2.45) is 0 Å². The zero-order valence-electron chi connectivity index (χ0n) is 15.1. The highest BCUT2D eigenvalue weighted by atomic mass is 32.2. The van der Waals surface area contributed by atoms with E-state index in [1.807, 2.05) is 6.26 Å². The Morgan fingerprint density at radius 2 is 1.78 bits per heavy atom. The molecule has 4 rings (SSSR count). The van der Waals surface area contributed by atoms with Gasteiger partial charge >= 0.3 is 0 Å². The smallest absolute Gasteiger partial charge is 0.228 e. The maximum Gasteiger partial charge on any atom is 0.228 e. The van der Waals surface area contributed by atoms with E-state index in [9.17, 15) is 9.35 Å². The van der Waals surface area contributed by atoms with E-state index in [1.165, 1.54) is 11.8 Å². The number of aromatic nitrogens is 4. The van der Waals surface area contributed by atoms with E-state index in [0.29, 0.717) is 56.7 Å². The van der Waals surface area contributed by atoms with Gasteiger partial charge in [0.05, 0.1) is 13.1 Å². The summed E-state index contributed by atoms with van der Waals surface area (Å²) in [6, 6.07) is 0. The highest BCUT2D eigenvalue weighted by molar-refractivity contribution is 7.98. The number of thioether (sulfide) groups is 1. The number of amides is 1. The topological polar surface area (TPSA) is 101 Å². The number of rotatable bonds is 4. The molecule has 0 N–H and O–H groups in total. The maximum atomic E-state index is 11.8. The van der Waals surface area contributed by atoms with E-state index in [2.05, 4.69) is 19.8 Å². The van der Waals surface area contributed by atoms with E-state index in [0.717, 1.165) is 28.3 Å². The van der Waals surface area contributed by atoms with Crippen LogP contribution in [0.3, 0.4) is 0 Å². The Kier molecular flexibility index (Phi) is 5.50. The van der Waals surface area contributed by atoms with Gasteiger partial charge in [-0.2, -0.15) is 4.98 Å². The van der Waals surface area contributed by atoms with Gasteiger partial charge in [-0.25, -0.2) is 15.0 Å². The Labute approximate surface area is 164 Å². The van der Waals surface area contributed by atoms with Crippen molar-refractivity contribution in [2.75, 3.05) is 66.8 Å². The van der Waals surface area contributed by atoms with Crippen molar-refractivity contribution in [1.82, 2.24) is 24.8 Å². The normalized spacial score (nSPS) is 19.0. The average molecular weight is 408 g/mol. The monoisotopic (exact) mass is 407 g/mol. The van der Waals surface area contributed by atoms with Gasteiger partial charge in [0.2, 0.25) is 12.4 Å². The van der Waals surface area contributed by atoms with Gasteiger partial charge in [-0.15, -0.1) is 11.8 Å². The molecular formula is C16H21N7O2S2. The van der Waals surface area contributed by atoms with Crippen LogP contribution in [0.2, 0.25) is 0 Å². The standard InChI is InChI=1S/C16H21N7O2S2/c1-26-15-13-12(17-10-18-15)14(22-6-8-27(25)9-7-22)20-16(19-13)23-4-2-21(11-24)3-5-23/h10-11H,2-9H2,1H3. The molecule has 4 heterocycles. The molecule has 0 radical (unpaired) electrons. The van der Waals surface area contributed by atoms with Crippen LogP contribution in [0.25, 0.3) is 11.0 Å². The largest absolute Gasteiger partial charge is 0.616 e. The summed E-state index contributed by atoms with van der Waals surface area (Å²) in [5.74, 6) is 2.69. The van der Waals surface area contributed by atoms with Gasteiger partial charge in [-0.1, -0.05) is 11.2 Å². The average Bonchev–Trinajstić information content (AvgIpc) is 2.73. The predicted molar refractivity (Wildman–Crippen MR) is 107 cm³/mol. The van der Waals surface area contributed by atoms with Gasteiger partial charge in [0.15, 0.2) is 5.82 Å². The fraction of sp³-hybridized carbons (Fsp3) is 0.562. The molecule has 2 saturated heterocycles. The number of carbonyl (C=O) groups is 1. The van der Waals surface area contributed by atoms with Gasteiger partial charge in [-0.05, 0) is 6.26 Å². The minimum Gasteiger partial charge on any atom is -0.616 e. The molecular weight excluding hydrogens is 386 g/mol. The first-order chi connectivity index (χ1) is 13.2. The first kappa shape index (κ1) is 18.5. The first-order valence-electron chi connectivity index (χ1n) is 8.80. The number of anilines is 2. The Morgan fingerprint density at radius 1 is 1.04 bits per heavy atom. The lowest BCUT2D eigenvalue weighted by Gasteiger charge is -2.34. The van der Waals surface area contributed by atoms with Crippen molar-refractivity contribution in [3.8, 4) is 0 Å². The van der Waals surface area contributed by atoms with Crippen LogP contribution in [0.15, 0.2) is 11.4 Å². The highest BCUT2D eigenvalue weighted by Crippen LogP contribution is 2.30. The van der Waals surface area contributed by atoms with Crippen molar-refractivity contribution < 1.29 is 9.35 Å². The van der Waals surface area contributed by atoms with Gasteiger partial charge in [-0.3, -0.25) is 4.79 Å². The van der Waals surface area contributed by atoms with Crippen molar-refractivity contribution in [1.29, 1.82) is 0 Å². The zero-order chi connectivity index (χ0) is 18.8. The van der Waals surface area contributed by atoms with Crippen LogP contribution in [-0.4, -0.2) is 92.8 Å². The van der Waals surface area contributed by atoms with Gasteiger partial charge in [0.1, 0.15) is 33.9 Å². The van der Waals surface area contributed by atoms with Crippen LogP contribution < -0.4 is 9.80 Å². The van der Waals surface area contributed by atoms with Crippen LogP contribution in [0.1, 0.15) is 0 Å². The molecule has 9 nitrogen and oxygen atoms in total. The van der Waals surface area contributed by atoms with E-state index < -0.39 is 11.2 Å². The summed E-state index contributed by atoms with van der Waals surface area (Å²) in [6.07, 6.45) is 4.40. The van der Waals surface area contributed by atoms with Crippen LogP contribution in [0.5, 0.6) is 0 Å². The van der Waals surface area contributed by atoms with E-state index in [4.69, 9.17) is 9.97 Å². The molecule has 0 bridgehead atoms. The second-order valence-corrected chi connectivity index (χ2v) is 8.88. The van der Waals surface area contributed by atoms with Crippen LogP contribution in [0, 0.1) is 0 Å². The molecule has 0 spiro atoms. The van der Waals surface area contributed by atoms with Crippen LogP contribution in [0.4, 0.5) is 11.8 Å². The molecule has 0 saturated carbocycles. The molecule has 2 fully saturated rings. The lowest BCUT2D eigenvalue weighted by Crippen LogP contribution is -2.46. The van der Waals surface area contributed by atoms with Crippen LogP contribution >= 0.6 is 11.8 Å². The van der Waals surface area contributed by atoms with E-state index in [1.54, 1.807) is 11.2 Å². The van der Waals surface area contributed by atoms with Gasteiger partial charge in [0.25, 0.3) is 0 Å².